The highest BCUT2D eigenvalue weighted by atomic mass is 16.4. The van der Waals surface area contributed by atoms with Gasteiger partial charge in [-0.1, -0.05) is 81.4 Å². The molecule has 32 heavy (non-hydrogen) atoms. The molecule has 1 aromatic heterocycles. The Hall–Kier alpha value is -3.73. The molecule has 5 heteroatoms. The molecule has 0 bridgehead atoms. The monoisotopic (exact) mass is 426 g/mol. The van der Waals surface area contributed by atoms with Gasteiger partial charge in [0.05, 0.1) is 16.6 Å². The number of aliphatic carboxylic acids is 1. The fourth-order valence-corrected chi connectivity index (χ4v) is 3.89. The van der Waals surface area contributed by atoms with Crippen molar-refractivity contribution in [2.24, 2.45) is 0 Å². The molecule has 0 saturated carbocycles. The lowest BCUT2D eigenvalue weighted by atomic mass is 9.86. The Bertz CT molecular complexity index is 1250. The van der Waals surface area contributed by atoms with Gasteiger partial charge in [-0.15, -0.1) is 0 Å². The molecule has 4 aromatic rings. The number of aromatic nitrogens is 1. The molecule has 1 amide bonds. The van der Waals surface area contributed by atoms with E-state index in [1.807, 2.05) is 72.8 Å². The van der Waals surface area contributed by atoms with E-state index in [0.29, 0.717) is 27.4 Å². The predicted octanol–water partition coefficient (Wildman–Crippen LogP) is 5.11. The summed E-state index contributed by atoms with van der Waals surface area (Å²) in [5, 5.41) is 14.0. The molecule has 0 aliphatic heterocycles. The maximum absolute atomic E-state index is 13.4. The van der Waals surface area contributed by atoms with Crippen LogP contribution >= 0.6 is 0 Å². The zero-order valence-electron chi connectivity index (χ0n) is 18.4. The summed E-state index contributed by atoms with van der Waals surface area (Å²) in [7, 11) is 0. The van der Waals surface area contributed by atoms with E-state index >= 15 is 0 Å². The third-order valence-corrected chi connectivity index (χ3v) is 5.68. The molecule has 3 aromatic carbocycles. The minimum absolute atomic E-state index is 0.0163. The summed E-state index contributed by atoms with van der Waals surface area (Å²) < 4.78 is 0. The van der Waals surface area contributed by atoms with Crippen molar-refractivity contribution in [2.45, 2.75) is 38.6 Å². The van der Waals surface area contributed by atoms with Gasteiger partial charge in [0.15, 0.2) is 0 Å². The SMILES string of the molecule is CC(C)(C)c1ccc(C[C@@H](NC(=O)c2c3ccccc3nc3ccccc23)C(=O)O)cc1. The summed E-state index contributed by atoms with van der Waals surface area (Å²) in [4.78, 5) is 30.0. The van der Waals surface area contributed by atoms with E-state index in [2.05, 4.69) is 31.1 Å². The highest BCUT2D eigenvalue weighted by molar-refractivity contribution is 6.16. The number of fused-ring (bicyclic) bond motifs is 2. The lowest BCUT2D eigenvalue weighted by Crippen LogP contribution is -2.42. The molecule has 0 saturated heterocycles. The second-order valence-corrected chi connectivity index (χ2v) is 9.04. The fourth-order valence-electron chi connectivity index (χ4n) is 3.89. The van der Waals surface area contributed by atoms with Gasteiger partial charge in [-0.05, 0) is 28.7 Å². The number of carboxylic acids is 1. The van der Waals surface area contributed by atoms with Crippen LogP contribution in [0.3, 0.4) is 0 Å². The Balaban J connectivity index is 1.66. The lowest BCUT2D eigenvalue weighted by molar-refractivity contribution is -0.139. The first-order valence-electron chi connectivity index (χ1n) is 10.6. The van der Waals surface area contributed by atoms with E-state index in [1.165, 1.54) is 5.56 Å². The van der Waals surface area contributed by atoms with Crippen molar-refractivity contribution in [3.05, 3.63) is 89.5 Å². The van der Waals surface area contributed by atoms with Crippen molar-refractivity contribution in [1.29, 1.82) is 0 Å². The fraction of sp³-hybridized carbons (Fsp3) is 0.222. The number of rotatable bonds is 5. The van der Waals surface area contributed by atoms with Crippen molar-refractivity contribution in [3.63, 3.8) is 0 Å². The van der Waals surface area contributed by atoms with E-state index in [0.717, 1.165) is 5.56 Å². The van der Waals surface area contributed by atoms with Crippen molar-refractivity contribution >= 4 is 33.7 Å². The summed E-state index contributed by atoms with van der Waals surface area (Å²) in [5.41, 5.74) is 3.88. The van der Waals surface area contributed by atoms with Crippen LogP contribution in [-0.2, 0) is 16.6 Å². The van der Waals surface area contributed by atoms with Crippen LogP contribution in [0.25, 0.3) is 21.8 Å². The number of hydrogen-bond acceptors (Lipinski definition) is 3. The summed E-state index contributed by atoms with van der Waals surface area (Å²) in [5.74, 6) is -1.49. The number of carbonyl (C=O) groups excluding carboxylic acids is 1. The second-order valence-electron chi connectivity index (χ2n) is 9.04. The Labute approximate surface area is 187 Å². The van der Waals surface area contributed by atoms with Gasteiger partial charge in [0, 0.05) is 17.2 Å². The van der Waals surface area contributed by atoms with Gasteiger partial charge in [-0.3, -0.25) is 4.79 Å². The number of carbonyl (C=O) groups is 2. The number of para-hydroxylation sites is 2. The predicted molar refractivity (Wildman–Crippen MR) is 127 cm³/mol. The van der Waals surface area contributed by atoms with E-state index in [-0.39, 0.29) is 11.8 Å². The zero-order valence-corrected chi connectivity index (χ0v) is 18.4. The van der Waals surface area contributed by atoms with E-state index in [1.54, 1.807) is 0 Å². The normalized spacial score (nSPS) is 12.6. The van der Waals surface area contributed by atoms with Crippen LogP contribution in [0.4, 0.5) is 0 Å². The molecule has 0 radical (unpaired) electrons. The maximum Gasteiger partial charge on any atom is 0.326 e. The van der Waals surface area contributed by atoms with E-state index < -0.39 is 17.9 Å². The van der Waals surface area contributed by atoms with Gasteiger partial charge in [0.25, 0.3) is 5.91 Å². The highest BCUT2D eigenvalue weighted by Gasteiger charge is 2.24. The quantitative estimate of drug-likeness (QED) is 0.435. The van der Waals surface area contributed by atoms with Crippen LogP contribution in [0.5, 0.6) is 0 Å². The highest BCUT2D eigenvalue weighted by Crippen LogP contribution is 2.26. The van der Waals surface area contributed by atoms with Gasteiger partial charge in [-0.2, -0.15) is 0 Å². The Morgan fingerprint density at radius 2 is 1.41 bits per heavy atom. The Kier molecular flexibility index (Phi) is 5.66. The topological polar surface area (TPSA) is 79.3 Å². The zero-order chi connectivity index (χ0) is 22.9. The molecular weight excluding hydrogens is 400 g/mol. The van der Waals surface area contributed by atoms with Crippen LogP contribution in [0.15, 0.2) is 72.8 Å². The van der Waals surface area contributed by atoms with E-state index in [4.69, 9.17) is 0 Å². The third-order valence-electron chi connectivity index (χ3n) is 5.68. The number of benzene rings is 3. The smallest absolute Gasteiger partial charge is 0.326 e. The minimum Gasteiger partial charge on any atom is -0.480 e. The number of carboxylic acid groups (broad SMARTS) is 1. The van der Waals surface area contributed by atoms with Gasteiger partial charge < -0.3 is 10.4 Å². The average molecular weight is 427 g/mol. The maximum atomic E-state index is 13.4. The molecule has 162 valence electrons. The molecule has 5 nitrogen and oxygen atoms in total. The van der Waals surface area contributed by atoms with Gasteiger partial charge in [0.1, 0.15) is 6.04 Å². The summed E-state index contributed by atoms with van der Waals surface area (Å²) in [6, 6.07) is 21.7. The van der Waals surface area contributed by atoms with Crippen molar-refractivity contribution < 1.29 is 14.7 Å². The molecule has 0 spiro atoms. The molecule has 0 aliphatic carbocycles. The average Bonchev–Trinajstić information content (AvgIpc) is 2.76. The first kappa shape index (κ1) is 21.5. The number of pyridine rings is 1. The second kappa shape index (κ2) is 8.42. The molecule has 4 rings (SSSR count). The van der Waals surface area contributed by atoms with Crippen LogP contribution in [0.1, 0.15) is 42.3 Å². The molecule has 1 atom stereocenters. The molecule has 1 heterocycles. The van der Waals surface area contributed by atoms with Crippen molar-refractivity contribution in [1.82, 2.24) is 10.3 Å². The first-order chi connectivity index (χ1) is 15.2. The Morgan fingerprint density at radius 3 is 1.91 bits per heavy atom. The van der Waals surface area contributed by atoms with Crippen LogP contribution < -0.4 is 5.32 Å². The molecule has 2 N–H and O–H groups in total. The van der Waals surface area contributed by atoms with Crippen LogP contribution in [0, 0.1) is 0 Å². The number of amides is 1. The van der Waals surface area contributed by atoms with E-state index in [9.17, 15) is 14.7 Å². The Morgan fingerprint density at radius 1 is 0.875 bits per heavy atom. The number of hydrogen-bond donors (Lipinski definition) is 2. The van der Waals surface area contributed by atoms with Gasteiger partial charge >= 0.3 is 5.97 Å². The standard InChI is InChI=1S/C27H26N2O3/c1-27(2,3)18-14-12-17(13-15-18)16-23(26(31)32)29-25(30)24-19-8-4-6-10-21(19)28-22-11-7-5-9-20(22)24/h4-15,23H,16H2,1-3H3,(H,29,30)(H,31,32)/t23-/m1/s1. The summed E-state index contributed by atoms with van der Waals surface area (Å²) in [6.45, 7) is 6.39. The lowest BCUT2D eigenvalue weighted by Gasteiger charge is -2.20. The summed E-state index contributed by atoms with van der Waals surface area (Å²) in [6.07, 6.45) is 0.201. The third kappa shape index (κ3) is 4.33. The van der Waals surface area contributed by atoms with Crippen molar-refractivity contribution in [2.75, 3.05) is 0 Å². The molecule has 0 fully saturated rings. The summed E-state index contributed by atoms with van der Waals surface area (Å²) >= 11 is 0. The molecular formula is C27H26N2O3. The van der Waals surface area contributed by atoms with Crippen LogP contribution in [-0.4, -0.2) is 28.0 Å². The number of nitrogens with one attached hydrogen (secondary N) is 1. The van der Waals surface area contributed by atoms with Gasteiger partial charge in [0.2, 0.25) is 0 Å². The first-order valence-corrected chi connectivity index (χ1v) is 10.6. The molecule has 0 unspecified atom stereocenters. The van der Waals surface area contributed by atoms with Crippen LogP contribution in [0.2, 0.25) is 0 Å². The minimum atomic E-state index is -1.07. The number of nitrogens with zero attached hydrogens (tertiary/aromatic N) is 1. The largest absolute Gasteiger partial charge is 0.480 e. The molecule has 0 aliphatic rings. The van der Waals surface area contributed by atoms with Crippen molar-refractivity contribution in [3.8, 4) is 0 Å². The van der Waals surface area contributed by atoms with Gasteiger partial charge in [-0.25, -0.2) is 9.78 Å².